The maximum Gasteiger partial charge on any atom is 0.417 e. The molecule has 17 heavy (non-hydrogen) atoms. The van der Waals surface area contributed by atoms with E-state index >= 15 is 0 Å². The highest BCUT2D eigenvalue weighted by molar-refractivity contribution is 5.33. The molecule has 3 nitrogen and oxygen atoms in total. The van der Waals surface area contributed by atoms with E-state index in [1.165, 1.54) is 0 Å². The van der Waals surface area contributed by atoms with Gasteiger partial charge in [-0.15, -0.1) is 0 Å². The lowest BCUT2D eigenvalue weighted by atomic mass is 10.2. The summed E-state index contributed by atoms with van der Waals surface area (Å²) in [5.74, 6) is 0.338. The SMILES string of the molecule is CNCc1ccccc1OCC(O)C(F)(F)F. The Balaban J connectivity index is 2.63. The zero-order valence-electron chi connectivity index (χ0n) is 9.29. The summed E-state index contributed by atoms with van der Waals surface area (Å²) in [5, 5.41) is 11.7. The quantitative estimate of drug-likeness (QED) is 0.834. The van der Waals surface area contributed by atoms with Crippen LogP contribution in [0.3, 0.4) is 0 Å². The molecule has 0 heterocycles. The summed E-state index contributed by atoms with van der Waals surface area (Å²) in [6, 6.07) is 6.73. The Labute approximate surface area is 97.2 Å². The summed E-state index contributed by atoms with van der Waals surface area (Å²) in [5.41, 5.74) is 0.740. The number of para-hydroxylation sites is 1. The van der Waals surface area contributed by atoms with Crippen molar-refractivity contribution in [2.75, 3.05) is 13.7 Å². The number of ether oxygens (including phenoxy) is 1. The molecule has 0 aliphatic heterocycles. The first-order valence-electron chi connectivity index (χ1n) is 5.05. The zero-order chi connectivity index (χ0) is 12.9. The van der Waals surface area contributed by atoms with Crippen LogP contribution in [0.1, 0.15) is 5.56 Å². The van der Waals surface area contributed by atoms with E-state index in [0.717, 1.165) is 5.56 Å². The van der Waals surface area contributed by atoms with Crippen LogP contribution in [0.15, 0.2) is 24.3 Å². The molecular weight excluding hydrogens is 235 g/mol. The van der Waals surface area contributed by atoms with Gasteiger partial charge >= 0.3 is 6.18 Å². The molecule has 0 bridgehead atoms. The molecule has 0 amide bonds. The topological polar surface area (TPSA) is 41.5 Å². The van der Waals surface area contributed by atoms with Gasteiger partial charge < -0.3 is 15.2 Å². The van der Waals surface area contributed by atoms with Crippen LogP contribution in [0.2, 0.25) is 0 Å². The van der Waals surface area contributed by atoms with Crippen molar-refractivity contribution < 1.29 is 23.0 Å². The lowest BCUT2D eigenvalue weighted by Crippen LogP contribution is -2.34. The molecule has 0 saturated carbocycles. The van der Waals surface area contributed by atoms with Gasteiger partial charge in [0.05, 0.1) is 0 Å². The standard InChI is InChI=1S/C11H14F3NO2/c1-15-6-8-4-2-3-5-9(8)17-7-10(16)11(12,13)14/h2-5,10,15-16H,6-7H2,1H3. The number of nitrogens with one attached hydrogen (secondary N) is 1. The number of halogens is 3. The third-order valence-corrected chi connectivity index (χ3v) is 2.11. The molecule has 1 rings (SSSR count). The number of hydrogen-bond acceptors (Lipinski definition) is 3. The second-order valence-corrected chi connectivity index (χ2v) is 3.51. The third-order valence-electron chi connectivity index (χ3n) is 2.11. The summed E-state index contributed by atoms with van der Waals surface area (Å²) in [6.07, 6.45) is -7.12. The predicted molar refractivity (Wildman–Crippen MR) is 56.8 cm³/mol. The van der Waals surface area contributed by atoms with Crippen LogP contribution in [0.4, 0.5) is 13.2 Å². The lowest BCUT2D eigenvalue weighted by molar-refractivity contribution is -0.210. The Morgan fingerprint density at radius 3 is 2.59 bits per heavy atom. The molecule has 1 aromatic rings. The smallest absolute Gasteiger partial charge is 0.417 e. The van der Waals surface area contributed by atoms with E-state index < -0.39 is 18.9 Å². The second kappa shape index (κ2) is 5.88. The highest BCUT2D eigenvalue weighted by Crippen LogP contribution is 2.22. The summed E-state index contributed by atoms with van der Waals surface area (Å²) in [6.45, 7) is -0.317. The fourth-order valence-corrected chi connectivity index (χ4v) is 1.24. The van der Waals surface area contributed by atoms with Gasteiger partial charge in [0.15, 0.2) is 6.10 Å². The Morgan fingerprint density at radius 2 is 2.00 bits per heavy atom. The van der Waals surface area contributed by atoms with Crippen LogP contribution in [-0.4, -0.2) is 31.0 Å². The number of hydrogen-bond donors (Lipinski definition) is 2. The number of aliphatic hydroxyl groups excluding tert-OH is 1. The summed E-state index contributed by atoms with van der Waals surface area (Å²) in [4.78, 5) is 0. The third kappa shape index (κ3) is 4.24. The van der Waals surface area contributed by atoms with Crippen molar-refractivity contribution in [1.82, 2.24) is 5.32 Å². The highest BCUT2D eigenvalue weighted by atomic mass is 19.4. The van der Waals surface area contributed by atoms with Crippen LogP contribution in [-0.2, 0) is 6.54 Å². The van der Waals surface area contributed by atoms with Crippen LogP contribution >= 0.6 is 0 Å². The Bertz CT molecular complexity index is 355. The zero-order valence-corrected chi connectivity index (χ0v) is 9.29. The molecule has 6 heteroatoms. The van der Waals surface area contributed by atoms with E-state index in [0.29, 0.717) is 12.3 Å². The van der Waals surface area contributed by atoms with E-state index in [9.17, 15) is 13.2 Å². The number of aliphatic hydroxyl groups is 1. The van der Waals surface area contributed by atoms with Crippen molar-refractivity contribution in [1.29, 1.82) is 0 Å². The molecule has 0 saturated heterocycles. The maximum absolute atomic E-state index is 12.1. The van der Waals surface area contributed by atoms with Gasteiger partial charge in [-0.25, -0.2) is 0 Å². The minimum Gasteiger partial charge on any atom is -0.490 e. The van der Waals surface area contributed by atoms with Gasteiger partial charge in [-0.2, -0.15) is 13.2 Å². The largest absolute Gasteiger partial charge is 0.490 e. The molecule has 0 spiro atoms. The van der Waals surface area contributed by atoms with Gasteiger partial charge in [-0.1, -0.05) is 18.2 Å². The fourth-order valence-electron chi connectivity index (χ4n) is 1.24. The van der Waals surface area contributed by atoms with Crippen LogP contribution in [0.25, 0.3) is 0 Å². The van der Waals surface area contributed by atoms with E-state index in [1.54, 1.807) is 31.3 Å². The van der Waals surface area contributed by atoms with Crippen LogP contribution < -0.4 is 10.1 Å². The Morgan fingerprint density at radius 1 is 1.35 bits per heavy atom. The minimum atomic E-state index is -4.65. The molecule has 0 aliphatic carbocycles. The molecule has 1 aromatic carbocycles. The molecule has 0 fully saturated rings. The van der Waals surface area contributed by atoms with Gasteiger partial charge in [-0.3, -0.25) is 0 Å². The molecule has 1 atom stereocenters. The lowest BCUT2D eigenvalue weighted by Gasteiger charge is -2.16. The van der Waals surface area contributed by atoms with Gasteiger partial charge in [0.2, 0.25) is 0 Å². The van der Waals surface area contributed by atoms with E-state index in [-0.39, 0.29) is 0 Å². The average Bonchev–Trinajstić information content (AvgIpc) is 2.26. The second-order valence-electron chi connectivity index (χ2n) is 3.51. The molecule has 0 aliphatic rings. The van der Waals surface area contributed by atoms with Crippen molar-refractivity contribution in [3.05, 3.63) is 29.8 Å². The van der Waals surface area contributed by atoms with E-state index in [4.69, 9.17) is 9.84 Å². The van der Waals surface area contributed by atoms with E-state index in [2.05, 4.69) is 5.32 Å². The first-order valence-corrected chi connectivity index (χ1v) is 5.05. The normalized spacial score (nSPS) is 13.5. The van der Waals surface area contributed by atoms with Crippen molar-refractivity contribution in [2.24, 2.45) is 0 Å². The van der Waals surface area contributed by atoms with Crippen molar-refractivity contribution in [3.63, 3.8) is 0 Å². The average molecular weight is 249 g/mol. The predicted octanol–water partition coefficient (Wildman–Crippen LogP) is 1.71. The fraction of sp³-hybridized carbons (Fsp3) is 0.455. The molecular formula is C11H14F3NO2. The van der Waals surface area contributed by atoms with Crippen molar-refractivity contribution in [3.8, 4) is 5.75 Å². The summed E-state index contributed by atoms with van der Waals surface area (Å²) >= 11 is 0. The Hall–Kier alpha value is -1.27. The number of benzene rings is 1. The van der Waals surface area contributed by atoms with Crippen LogP contribution in [0, 0.1) is 0 Å². The van der Waals surface area contributed by atoms with Gasteiger partial charge in [-0.05, 0) is 13.1 Å². The molecule has 96 valence electrons. The van der Waals surface area contributed by atoms with Gasteiger partial charge in [0, 0.05) is 12.1 Å². The van der Waals surface area contributed by atoms with Gasteiger partial charge in [0.1, 0.15) is 12.4 Å². The molecule has 2 N–H and O–H groups in total. The number of rotatable bonds is 5. The number of alkyl halides is 3. The highest BCUT2D eigenvalue weighted by Gasteiger charge is 2.38. The Kier molecular flexibility index (Phi) is 4.77. The first-order chi connectivity index (χ1) is 7.95. The summed E-state index contributed by atoms with van der Waals surface area (Å²) in [7, 11) is 1.72. The van der Waals surface area contributed by atoms with Crippen molar-refractivity contribution in [2.45, 2.75) is 18.8 Å². The molecule has 0 radical (unpaired) electrons. The maximum atomic E-state index is 12.1. The first kappa shape index (κ1) is 13.8. The molecule has 1 unspecified atom stereocenters. The minimum absolute atomic E-state index is 0.338. The molecule has 0 aromatic heterocycles. The monoisotopic (exact) mass is 249 g/mol. The van der Waals surface area contributed by atoms with E-state index in [1.807, 2.05) is 0 Å². The summed E-state index contributed by atoms with van der Waals surface area (Å²) < 4.78 is 41.1. The van der Waals surface area contributed by atoms with Crippen molar-refractivity contribution >= 4 is 0 Å². The van der Waals surface area contributed by atoms with Crippen LogP contribution in [0.5, 0.6) is 5.75 Å². The van der Waals surface area contributed by atoms with Gasteiger partial charge in [0.25, 0.3) is 0 Å².